The first-order valence-corrected chi connectivity index (χ1v) is 7.79. The predicted octanol–water partition coefficient (Wildman–Crippen LogP) is 3.46. The Morgan fingerprint density at radius 2 is 2.10 bits per heavy atom. The van der Waals surface area contributed by atoms with Gasteiger partial charge in [-0.25, -0.2) is 4.98 Å². The van der Waals surface area contributed by atoms with Gasteiger partial charge in [0.05, 0.1) is 0 Å². The molecule has 1 heterocycles. The van der Waals surface area contributed by atoms with Gasteiger partial charge >= 0.3 is 0 Å². The molecule has 0 aliphatic carbocycles. The van der Waals surface area contributed by atoms with Crippen LogP contribution >= 0.6 is 23.4 Å². The van der Waals surface area contributed by atoms with E-state index in [1.165, 1.54) is 24.0 Å². The largest absolute Gasteiger partial charge is 0.308 e. The molecule has 2 N–H and O–H groups in total. The fraction of sp³-hybridized carbons (Fsp3) is 0.333. The van der Waals surface area contributed by atoms with Crippen molar-refractivity contribution in [2.45, 2.75) is 42.9 Å². The van der Waals surface area contributed by atoms with Crippen molar-refractivity contribution in [2.75, 3.05) is 0 Å². The van der Waals surface area contributed by atoms with Crippen molar-refractivity contribution in [1.29, 1.82) is 0 Å². The van der Waals surface area contributed by atoms with E-state index in [1.54, 1.807) is 0 Å². The highest BCUT2D eigenvalue weighted by atomic mass is 35.5. The minimum atomic E-state index is -0.162. The number of aromatic amines is 1. The maximum atomic E-state index is 11.2. The van der Waals surface area contributed by atoms with Gasteiger partial charge in [-0.2, -0.15) is 0 Å². The summed E-state index contributed by atoms with van der Waals surface area (Å²) in [5, 5.41) is 4.66. The van der Waals surface area contributed by atoms with Gasteiger partial charge in [0.25, 0.3) is 5.56 Å². The molecule has 0 spiro atoms. The Morgan fingerprint density at radius 1 is 1.33 bits per heavy atom. The molecule has 0 atom stereocenters. The summed E-state index contributed by atoms with van der Waals surface area (Å²) in [6.45, 7) is 7.06. The molecule has 0 amide bonds. The lowest BCUT2D eigenvalue weighted by Crippen LogP contribution is -2.35. The first-order valence-electron chi connectivity index (χ1n) is 6.60. The summed E-state index contributed by atoms with van der Waals surface area (Å²) in [6, 6.07) is 7.24. The number of nitrogens with zero attached hydrogens (tertiary/aromatic N) is 1. The van der Waals surface area contributed by atoms with Gasteiger partial charge in [0.15, 0.2) is 5.16 Å². The fourth-order valence-electron chi connectivity index (χ4n) is 1.61. The first kappa shape index (κ1) is 16.1. The number of benzene rings is 1. The summed E-state index contributed by atoms with van der Waals surface area (Å²) in [5.41, 5.74) is 0.930. The molecule has 2 aromatic rings. The molecule has 21 heavy (non-hydrogen) atoms. The zero-order valence-electron chi connectivity index (χ0n) is 12.2. The second kappa shape index (κ2) is 6.64. The van der Waals surface area contributed by atoms with Crippen LogP contribution in [0.1, 0.15) is 26.3 Å². The summed E-state index contributed by atoms with van der Waals surface area (Å²) < 4.78 is 0. The minimum absolute atomic E-state index is 0.0458. The van der Waals surface area contributed by atoms with Gasteiger partial charge in [0, 0.05) is 34.3 Å². The van der Waals surface area contributed by atoms with Crippen LogP contribution in [-0.4, -0.2) is 15.5 Å². The van der Waals surface area contributed by atoms with E-state index in [0.29, 0.717) is 16.7 Å². The van der Waals surface area contributed by atoms with Crippen LogP contribution < -0.4 is 10.9 Å². The lowest BCUT2D eigenvalue weighted by molar-refractivity contribution is 0.424. The Labute approximate surface area is 133 Å². The summed E-state index contributed by atoms with van der Waals surface area (Å²) >= 11 is 7.69. The van der Waals surface area contributed by atoms with E-state index in [9.17, 15) is 4.79 Å². The SMILES string of the molecule is CC(C)(C)NCc1ccc(Sc2nccc(=O)[nH]2)cc1Cl. The summed E-state index contributed by atoms with van der Waals surface area (Å²) in [4.78, 5) is 19.0. The van der Waals surface area contributed by atoms with Crippen LogP contribution in [0.15, 0.2) is 45.3 Å². The van der Waals surface area contributed by atoms with Gasteiger partial charge in [-0.15, -0.1) is 0 Å². The minimum Gasteiger partial charge on any atom is -0.308 e. The van der Waals surface area contributed by atoms with Crippen LogP contribution in [-0.2, 0) is 6.54 Å². The molecular weight excluding hydrogens is 306 g/mol. The van der Waals surface area contributed by atoms with Crippen molar-refractivity contribution in [3.63, 3.8) is 0 Å². The van der Waals surface area contributed by atoms with E-state index >= 15 is 0 Å². The van der Waals surface area contributed by atoms with Gasteiger partial charge in [-0.1, -0.05) is 29.4 Å². The Balaban J connectivity index is 2.10. The molecule has 0 unspecified atom stereocenters. The van der Waals surface area contributed by atoms with Crippen LogP contribution in [0.3, 0.4) is 0 Å². The van der Waals surface area contributed by atoms with E-state index in [1.807, 2.05) is 18.2 Å². The quantitative estimate of drug-likeness (QED) is 0.846. The van der Waals surface area contributed by atoms with Crippen molar-refractivity contribution in [3.8, 4) is 0 Å². The van der Waals surface area contributed by atoms with Crippen molar-refractivity contribution in [3.05, 3.63) is 51.4 Å². The second-order valence-electron chi connectivity index (χ2n) is 5.70. The monoisotopic (exact) mass is 323 g/mol. The van der Waals surface area contributed by atoms with E-state index in [2.05, 4.69) is 36.1 Å². The van der Waals surface area contributed by atoms with E-state index in [-0.39, 0.29) is 11.1 Å². The van der Waals surface area contributed by atoms with E-state index in [0.717, 1.165) is 10.5 Å². The number of halogens is 1. The van der Waals surface area contributed by atoms with E-state index in [4.69, 9.17) is 11.6 Å². The molecular formula is C15H18ClN3OS. The summed E-state index contributed by atoms with van der Waals surface area (Å²) in [7, 11) is 0. The highest BCUT2D eigenvalue weighted by Crippen LogP contribution is 2.28. The van der Waals surface area contributed by atoms with Gasteiger partial charge in [-0.3, -0.25) is 4.79 Å². The van der Waals surface area contributed by atoms with Crippen molar-refractivity contribution in [2.24, 2.45) is 0 Å². The molecule has 1 aromatic heterocycles. The summed E-state index contributed by atoms with van der Waals surface area (Å²) in [5.74, 6) is 0. The van der Waals surface area contributed by atoms with Crippen molar-refractivity contribution < 1.29 is 0 Å². The Kier molecular flexibility index (Phi) is 5.08. The highest BCUT2D eigenvalue weighted by Gasteiger charge is 2.10. The molecule has 0 saturated carbocycles. The van der Waals surface area contributed by atoms with Gasteiger partial charge in [0.2, 0.25) is 0 Å². The Hall–Kier alpha value is -1.30. The molecule has 0 aliphatic heterocycles. The first-order chi connectivity index (χ1) is 9.83. The topological polar surface area (TPSA) is 57.8 Å². The molecule has 0 radical (unpaired) electrons. The third-order valence-electron chi connectivity index (χ3n) is 2.70. The van der Waals surface area contributed by atoms with Crippen LogP contribution in [0.25, 0.3) is 0 Å². The lowest BCUT2D eigenvalue weighted by atomic mass is 10.1. The molecule has 112 valence electrons. The standard InChI is InChI=1S/C15H18ClN3OS/c1-15(2,3)18-9-10-4-5-11(8-12(10)16)21-14-17-7-6-13(20)19-14/h4-8,18H,9H2,1-3H3,(H,17,19,20). The molecule has 6 heteroatoms. The number of H-pyrrole nitrogens is 1. The Bertz CT molecular complexity index is 679. The lowest BCUT2D eigenvalue weighted by Gasteiger charge is -2.21. The third kappa shape index (κ3) is 5.19. The van der Waals surface area contributed by atoms with Crippen molar-refractivity contribution in [1.82, 2.24) is 15.3 Å². The normalized spacial score (nSPS) is 11.6. The molecule has 4 nitrogen and oxygen atoms in total. The average Bonchev–Trinajstić information content (AvgIpc) is 2.36. The van der Waals surface area contributed by atoms with Gasteiger partial charge in [-0.05, 0) is 38.5 Å². The maximum absolute atomic E-state index is 11.2. The molecule has 2 rings (SSSR count). The molecule has 0 fully saturated rings. The van der Waals surface area contributed by atoms with Gasteiger partial charge in [0.1, 0.15) is 0 Å². The number of aromatic nitrogens is 2. The predicted molar refractivity (Wildman–Crippen MR) is 87.0 cm³/mol. The molecule has 1 aromatic carbocycles. The zero-order valence-corrected chi connectivity index (χ0v) is 13.8. The number of rotatable bonds is 4. The zero-order chi connectivity index (χ0) is 15.5. The molecule has 0 saturated heterocycles. The summed E-state index contributed by atoms with van der Waals surface area (Å²) in [6.07, 6.45) is 1.49. The van der Waals surface area contributed by atoms with Crippen LogP contribution in [0.4, 0.5) is 0 Å². The molecule has 0 aliphatic rings. The molecule has 0 bridgehead atoms. The average molecular weight is 324 g/mol. The number of hydrogen-bond acceptors (Lipinski definition) is 4. The fourth-order valence-corrected chi connectivity index (χ4v) is 2.72. The number of nitrogens with one attached hydrogen (secondary N) is 2. The number of hydrogen-bond donors (Lipinski definition) is 2. The van der Waals surface area contributed by atoms with E-state index < -0.39 is 0 Å². The third-order valence-corrected chi connectivity index (χ3v) is 3.94. The van der Waals surface area contributed by atoms with Crippen LogP contribution in [0.5, 0.6) is 0 Å². The van der Waals surface area contributed by atoms with Crippen LogP contribution in [0, 0.1) is 0 Å². The maximum Gasteiger partial charge on any atom is 0.251 e. The second-order valence-corrected chi connectivity index (χ2v) is 7.17. The smallest absolute Gasteiger partial charge is 0.251 e. The highest BCUT2D eigenvalue weighted by molar-refractivity contribution is 7.99. The Morgan fingerprint density at radius 3 is 2.71 bits per heavy atom. The van der Waals surface area contributed by atoms with Crippen molar-refractivity contribution >= 4 is 23.4 Å². The van der Waals surface area contributed by atoms with Crippen LogP contribution in [0.2, 0.25) is 5.02 Å². The van der Waals surface area contributed by atoms with Gasteiger partial charge < -0.3 is 10.3 Å².